The molecule has 0 fully saturated rings. The molecule has 0 radical (unpaired) electrons. The molecule has 7 nitrogen and oxygen atoms in total. The molecular formula is C12H17ClN2O5. The number of rotatable bonds is 7. The number of nitro benzene ring substituents is 1. The van der Waals surface area contributed by atoms with Crippen LogP contribution >= 0.6 is 11.6 Å². The molecule has 0 bridgehead atoms. The van der Waals surface area contributed by atoms with E-state index in [1.807, 2.05) is 0 Å². The smallest absolute Gasteiger partial charge is 0.313 e. The normalized spacial score (nSPS) is 11.8. The number of nitrogens with one attached hydrogen (secondary N) is 1. The molecule has 1 aromatic rings. The van der Waals surface area contributed by atoms with E-state index in [2.05, 4.69) is 5.32 Å². The maximum atomic E-state index is 11.1. The maximum Gasteiger partial charge on any atom is 0.313 e. The first-order valence-corrected chi connectivity index (χ1v) is 6.37. The first-order valence-electron chi connectivity index (χ1n) is 5.84. The number of halogens is 1. The van der Waals surface area contributed by atoms with Crippen molar-refractivity contribution in [2.45, 2.75) is 13.0 Å². The lowest BCUT2D eigenvalue weighted by Gasteiger charge is -2.17. The van der Waals surface area contributed by atoms with Crippen LogP contribution in [0.3, 0.4) is 0 Å². The van der Waals surface area contributed by atoms with Crippen LogP contribution in [0.4, 0.5) is 11.4 Å². The van der Waals surface area contributed by atoms with E-state index in [0.29, 0.717) is 17.0 Å². The van der Waals surface area contributed by atoms with E-state index in [1.54, 1.807) is 6.92 Å². The molecule has 0 amide bonds. The number of benzene rings is 1. The number of aliphatic hydroxyl groups excluding tert-OH is 1. The molecule has 1 atom stereocenters. The topological polar surface area (TPSA) is 93.9 Å². The van der Waals surface area contributed by atoms with E-state index in [-0.39, 0.29) is 23.9 Å². The Morgan fingerprint density at radius 2 is 2.05 bits per heavy atom. The van der Waals surface area contributed by atoms with E-state index in [0.717, 1.165) is 0 Å². The van der Waals surface area contributed by atoms with Gasteiger partial charge in [0, 0.05) is 18.2 Å². The summed E-state index contributed by atoms with van der Waals surface area (Å²) in [5.74, 6) is 0.636. The summed E-state index contributed by atoms with van der Waals surface area (Å²) >= 11 is 5.50. The number of nitrogens with zero attached hydrogens (tertiary/aromatic N) is 1. The average molecular weight is 305 g/mol. The molecule has 0 saturated carbocycles. The number of nitro groups is 1. The van der Waals surface area contributed by atoms with Gasteiger partial charge in [-0.25, -0.2) is 0 Å². The Hall–Kier alpha value is -1.73. The molecule has 112 valence electrons. The van der Waals surface area contributed by atoms with E-state index in [1.165, 1.54) is 20.3 Å². The fourth-order valence-electron chi connectivity index (χ4n) is 1.83. The van der Waals surface area contributed by atoms with Gasteiger partial charge in [0.15, 0.2) is 0 Å². The number of hydrogen-bond acceptors (Lipinski definition) is 6. The third-order valence-electron chi connectivity index (χ3n) is 2.75. The van der Waals surface area contributed by atoms with Gasteiger partial charge in [0.25, 0.3) is 0 Å². The Kier molecular flexibility index (Phi) is 5.84. The lowest BCUT2D eigenvalue weighted by atomic mass is 10.1. The third kappa shape index (κ3) is 3.43. The van der Waals surface area contributed by atoms with Gasteiger partial charge in [0.2, 0.25) is 5.75 Å². The molecule has 1 unspecified atom stereocenters. The SMILES string of the molecule is COc1c(NCC(O)CCl)cc([N+](=O)[O-])c(OC)c1C. The molecule has 0 heterocycles. The zero-order valence-corrected chi connectivity index (χ0v) is 12.2. The van der Waals surface area contributed by atoms with Gasteiger partial charge in [-0.3, -0.25) is 10.1 Å². The molecule has 0 spiro atoms. The summed E-state index contributed by atoms with van der Waals surface area (Å²) in [4.78, 5) is 10.5. The lowest BCUT2D eigenvalue weighted by Crippen LogP contribution is -2.21. The van der Waals surface area contributed by atoms with Crippen LogP contribution in [0.1, 0.15) is 5.56 Å². The summed E-state index contributed by atoms with van der Waals surface area (Å²) in [5.41, 5.74) is 0.738. The van der Waals surface area contributed by atoms with E-state index < -0.39 is 11.0 Å². The van der Waals surface area contributed by atoms with Crippen LogP contribution in [-0.4, -0.2) is 42.8 Å². The van der Waals surface area contributed by atoms with Gasteiger partial charge in [0.1, 0.15) is 5.75 Å². The van der Waals surface area contributed by atoms with Gasteiger partial charge in [0.05, 0.1) is 36.8 Å². The minimum Gasteiger partial charge on any atom is -0.494 e. The first kappa shape index (κ1) is 16.3. The molecule has 2 N–H and O–H groups in total. The van der Waals surface area contributed by atoms with Crippen LogP contribution in [0.15, 0.2) is 6.07 Å². The van der Waals surface area contributed by atoms with Crippen LogP contribution in [0, 0.1) is 17.0 Å². The largest absolute Gasteiger partial charge is 0.494 e. The van der Waals surface area contributed by atoms with Gasteiger partial charge in [-0.2, -0.15) is 0 Å². The Labute approximate surface area is 121 Å². The van der Waals surface area contributed by atoms with Crippen molar-refractivity contribution in [3.8, 4) is 11.5 Å². The van der Waals surface area contributed by atoms with Crippen LogP contribution < -0.4 is 14.8 Å². The van der Waals surface area contributed by atoms with E-state index in [4.69, 9.17) is 21.1 Å². The second kappa shape index (κ2) is 7.16. The fraction of sp³-hybridized carbons (Fsp3) is 0.500. The Bertz CT molecular complexity index is 495. The van der Waals surface area contributed by atoms with Crippen LogP contribution in [0.5, 0.6) is 11.5 Å². The number of aliphatic hydroxyl groups is 1. The van der Waals surface area contributed by atoms with Gasteiger partial charge in [-0.05, 0) is 6.92 Å². The lowest BCUT2D eigenvalue weighted by molar-refractivity contribution is -0.385. The third-order valence-corrected chi connectivity index (χ3v) is 3.11. The minimum absolute atomic E-state index is 0.0620. The minimum atomic E-state index is -0.761. The van der Waals surface area contributed by atoms with Crippen molar-refractivity contribution < 1.29 is 19.5 Å². The standard InChI is InChI=1S/C12H17ClN2O5/c1-7-11(19-2)9(14-6-8(16)5-13)4-10(15(17)18)12(7)20-3/h4,8,14,16H,5-6H2,1-3H3. The van der Waals surface area contributed by atoms with Gasteiger partial charge >= 0.3 is 5.69 Å². The number of ether oxygens (including phenoxy) is 2. The molecule has 20 heavy (non-hydrogen) atoms. The molecule has 0 aromatic heterocycles. The van der Waals surface area contributed by atoms with Crippen molar-refractivity contribution >= 4 is 23.0 Å². The number of hydrogen-bond donors (Lipinski definition) is 2. The van der Waals surface area contributed by atoms with Crippen molar-refractivity contribution in [1.82, 2.24) is 0 Å². The van der Waals surface area contributed by atoms with E-state index in [9.17, 15) is 15.2 Å². The molecule has 1 aromatic carbocycles. The van der Waals surface area contributed by atoms with Crippen molar-refractivity contribution in [1.29, 1.82) is 0 Å². The average Bonchev–Trinajstić information content (AvgIpc) is 2.43. The Morgan fingerprint density at radius 1 is 1.45 bits per heavy atom. The molecule has 8 heteroatoms. The van der Waals surface area contributed by atoms with E-state index >= 15 is 0 Å². The number of methoxy groups -OCH3 is 2. The highest BCUT2D eigenvalue weighted by atomic mass is 35.5. The van der Waals surface area contributed by atoms with Gasteiger partial charge in [-0.1, -0.05) is 0 Å². The van der Waals surface area contributed by atoms with Crippen molar-refractivity contribution in [3.63, 3.8) is 0 Å². The maximum absolute atomic E-state index is 11.1. The predicted octanol–water partition coefficient (Wildman–Crippen LogP) is 1.93. The van der Waals surface area contributed by atoms with Gasteiger partial charge < -0.3 is 19.9 Å². The van der Waals surface area contributed by atoms with Crippen LogP contribution in [0.2, 0.25) is 0 Å². The first-order chi connectivity index (χ1) is 9.46. The second-order valence-electron chi connectivity index (χ2n) is 4.08. The molecule has 0 saturated heterocycles. The highest BCUT2D eigenvalue weighted by molar-refractivity contribution is 6.18. The number of alkyl halides is 1. The zero-order valence-electron chi connectivity index (χ0n) is 11.5. The summed E-state index contributed by atoms with van der Waals surface area (Å²) in [6, 6.07) is 1.31. The van der Waals surface area contributed by atoms with Crippen LogP contribution in [0.25, 0.3) is 0 Å². The molecule has 0 aliphatic carbocycles. The summed E-state index contributed by atoms with van der Waals surface area (Å²) in [6.07, 6.45) is -0.761. The molecular weight excluding hydrogens is 288 g/mol. The summed E-state index contributed by atoms with van der Waals surface area (Å²) in [5, 5.41) is 23.4. The summed E-state index contributed by atoms with van der Waals surface area (Å²) < 4.78 is 10.3. The highest BCUT2D eigenvalue weighted by Gasteiger charge is 2.24. The molecule has 0 aliphatic rings. The second-order valence-corrected chi connectivity index (χ2v) is 4.39. The Morgan fingerprint density at radius 3 is 2.50 bits per heavy atom. The summed E-state index contributed by atoms with van der Waals surface area (Å²) in [6.45, 7) is 1.82. The Balaban J connectivity index is 3.25. The fourth-order valence-corrected chi connectivity index (χ4v) is 1.94. The van der Waals surface area contributed by atoms with Crippen molar-refractivity contribution in [3.05, 3.63) is 21.7 Å². The van der Waals surface area contributed by atoms with Crippen molar-refractivity contribution in [2.75, 3.05) is 32.0 Å². The predicted molar refractivity (Wildman–Crippen MR) is 76.2 cm³/mol. The highest BCUT2D eigenvalue weighted by Crippen LogP contribution is 2.42. The van der Waals surface area contributed by atoms with Crippen LogP contribution in [-0.2, 0) is 0 Å². The zero-order chi connectivity index (χ0) is 15.3. The van der Waals surface area contributed by atoms with Crippen molar-refractivity contribution in [2.24, 2.45) is 0 Å². The monoisotopic (exact) mass is 304 g/mol. The van der Waals surface area contributed by atoms with Gasteiger partial charge in [-0.15, -0.1) is 11.6 Å². The number of anilines is 1. The quantitative estimate of drug-likeness (QED) is 0.454. The molecule has 0 aliphatic heterocycles. The molecule has 1 rings (SSSR count). The summed E-state index contributed by atoms with van der Waals surface area (Å²) in [7, 11) is 2.82.